The number of amides is 2. The van der Waals surface area contributed by atoms with Gasteiger partial charge in [0.15, 0.2) is 11.5 Å². The third-order valence-electron chi connectivity index (χ3n) is 4.78. The lowest BCUT2D eigenvalue weighted by atomic mass is 10.1. The summed E-state index contributed by atoms with van der Waals surface area (Å²) in [7, 11) is 0. The van der Waals surface area contributed by atoms with Crippen molar-refractivity contribution in [1.29, 1.82) is 0 Å². The van der Waals surface area contributed by atoms with Crippen LogP contribution in [-0.2, 0) is 22.7 Å². The van der Waals surface area contributed by atoms with Gasteiger partial charge < -0.3 is 19.7 Å². The monoisotopic (exact) mass is 386 g/mol. The largest absolute Gasteiger partial charge is 0.454 e. The molecule has 4 rings (SSSR count). The van der Waals surface area contributed by atoms with Gasteiger partial charge >= 0.3 is 0 Å². The molecule has 1 unspecified atom stereocenters. The van der Waals surface area contributed by atoms with Crippen LogP contribution in [0.1, 0.15) is 17.5 Å². The Labute approximate surface area is 162 Å². The second-order valence-corrected chi connectivity index (χ2v) is 7.14. The molecule has 7 heteroatoms. The molecule has 6 nitrogen and oxygen atoms in total. The number of hydrogen-bond donors (Lipinski definition) is 1. The Morgan fingerprint density at radius 3 is 2.67 bits per heavy atom. The SMILES string of the molecule is O=C(NCc1ccc(Cl)cc1)C1CC(=O)N(Cc2ccc3c(c2)OCO3)C1. The Kier molecular flexibility index (Phi) is 4.90. The molecule has 27 heavy (non-hydrogen) atoms. The zero-order valence-corrected chi connectivity index (χ0v) is 15.4. The molecule has 2 aliphatic heterocycles. The number of carbonyl (C=O) groups is 2. The first-order valence-corrected chi connectivity index (χ1v) is 9.15. The fraction of sp³-hybridized carbons (Fsp3) is 0.300. The van der Waals surface area contributed by atoms with Crippen molar-refractivity contribution >= 4 is 23.4 Å². The van der Waals surface area contributed by atoms with E-state index in [0.29, 0.717) is 36.2 Å². The molecule has 2 heterocycles. The first kappa shape index (κ1) is 17.7. The highest BCUT2D eigenvalue weighted by atomic mass is 35.5. The molecule has 0 saturated carbocycles. The maximum Gasteiger partial charge on any atom is 0.231 e. The van der Waals surface area contributed by atoms with Crippen LogP contribution in [0.3, 0.4) is 0 Å². The highest BCUT2D eigenvalue weighted by Gasteiger charge is 2.34. The normalized spacial score (nSPS) is 18.0. The zero-order valence-electron chi connectivity index (χ0n) is 14.6. The van der Waals surface area contributed by atoms with E-state index >= 15 is 0 Å². The van der Waals surface area contributed by atoms with Crippen LogP contribution in [0.5, 0.6) is 11.5 Å². The minimum Gasteiger partial charge on any atom is -0.454 e. The Morgan fingerprint density at radius 1 is 1.11 bits per heavy atom. The molecule has 140 valence electrons. The Bertz CT molecular complexity index is 869. The Balaban J connectivity index is 1.33. The summed E-state index contributed by atoms with van der Waals surface area (Å²) in [6, 6.07) is 12.9. The molecule has 2 aromatic rings. The molecule has 0 bridgehead atoms. The minimum absolute atomic E-state index is 0.0145. The van der Waals surface area contributed by atoms with Crippen LogP contribution in [0.25, 0.3) is 0 Å². The van der Waals surface area contributed by atoms with Crippen molar-refractivity contribution in [2.24, 2.45) is 5.92 Å². The van der Waals surface area contributed by atoms with Crippen LogP contribution in [-0.4, -0.2) is 30.1 Å². The van der Waals surface area contributed by atoms with Gasteiger partial charge in [0.1, 0.15) is 0 Å². The van der Waals surface area contributed by atoms with Gasteiger partial charge in [-0.15, -0.1) is 0 Å². The Hall–Kier alpha value is -2.73. The molecule has 0 radical (unpaired) electrons. The number of carbonyl (C=O) groups excluding carboxylic acids is 2. The van der Waals surface area contributed by atoms with Crippen molar-refractivity contribution in [2.45, 2.75) is 19.5 Å². The maximum absolute atomic E-state index is 12.4. The molecule has 0 aromatic heterocycles. The summed E-state index contributed by atoms with van der Waals surface area (Å²) in [5, 5.41) is 3.56. The van der Waals surface area contributed by atoms with E-state index in [1.165, 1.54) is 0 Å². The van der Waals surface area contributed by atoms with Crippen molar-refractivity contribution < 1.29 is 19.1 Å². The summed E-state index contributed by atoms with van der Waals surface area (Å²) in [4.78, 5) is 26.5. The quantitative estimate of drug-likeness (QED) is 0.858. The number of halogens is 1. The van der Waals surface area contributed by atoms with E-state index in [0.717, 1.165) is 11.1 Å². The summed E-state index contributed by atoms with van der Waals surface area (Å²) < 4.78 is 10.7. The Morgan fingerprint density at radius 2 is 1.85 bits per heavy atom. The highest BCUT2D eigenvalue weighted by molar-refractivity contribution is 6.30. The summed E-state index contributed by atoms with van der Waals surface area (Å²) in [6.45, 7) is 1.51. The van der Waals surface area contributed by atoms with Crippen LogP contribution in [0.2, 0.25) is 5.02 Å². The second-order valence-electron chi connectivity index (χ2n) is 6.71. The number of ether oxygens (including phenoxy) is 2. The summed E-state index contributed by atoms with van der Waals surface area (Å²) in [5.41, 5.74) is 1.92. The average Bonchev–Trinajstić information content (AvgIpc) is 3.27. The zero-order chi connectivity index (χ0) is 18.8. The molecule has 1 N–H and O–H groups in total. The molecule has 1 atom stereocenters. The van der Waals surface area contributed by atoms with E-state index in [9.17, 15) is 9.59 Å². The van der Waals surface area contributed by atoms with Crippen LogP contribution < -0.4 is 14.8 Å². The second kappa shape index (κ2) is 7.48. The van der Waals surface area contributed by atoms with E-state index in [4.69, 9.17) is 21.1 Å². The van der Waals surface area contributed by atoms with Gasteiger partial charge in [-0.3, -0.25) is 9.59 Å². The molecule has 1 saturated heterocycles. The summed E-state index contributed by atoms with van der Waals surface area (Å²) in [5.74, 6) is 0.951. The molecule has 2 aromatic carbocycles. The van der Waals surface area contributed by atoms with Gasteiger partial charge in [0, 0.05) is 31.1 Å². The van der Waals surface area contributed by atoms with Crippen molar-refractivity contribution in [1.82, 2.24) is 10.2 Å². The van der Waals surface area contributed by atoms with Crippen molar-refractivity contribution in [3.8, 4) is 11.5 Å². The van der Waals surface area contributed by atoms with Gasteiger partial charge in [-0.05, 0) is 35.4 Å². The van der Waals surface area contributed by atoms with Gasteiger partial charge in [0.25, 0.3) is 0 Å². The van der Waals surface area contributed by atoms with E-state index in [-0.39, 0.29) is 30.9 Å². The number of nitrogens with one attached hydrogen (secondary N) is 1. The number of likely N-dealkylation sites (tertiary alicyclic amines) is 1. The van der Waals surface area contributed by atoms with Gasteiger partial charge in [-0.1, -0.05) is 29.8 Å². The number of benzene rings is 2. The van der Waals surface area contributed by atoms with E-state index in [1.54, 1.807) is 17.0 Å². The predicted molar refractivity (Wildman–Crippen MR) is 99.4 cm³/mol. The summed E-state index contributed by atoms with van der Waals surface area (Å²) >= 11 is 5.86. The third-order valence-corrected chi connectivity index (χ3v) is 5.03. The molecular formula is C20H19ClN2O4. The molecule has 0 aliphatic carbocycles. The molecule has 1 fully saturated rings. The van der Waals surface area contributed by atoms with E-state index in [1.807, 2.05) is 30.3 Å². The van der Waals surface area contributed by atoms with E-state index in [2.05, 4.69) is 5.32 Å². The van der Waals surface area contributed by atoms with Gasteiger partial charge in [0.05, 0.1) is 5.92 Å². The third kappa shape index (κ3) is 4.01. The van der Waals surface area contributed by atoms with Crippen LogP contribution >= 0.6 is 11.6 Å². The molecule has 0 spiro atoms. The number of rotatable bonds is 5. The first-order valence-electron chi connectivity index (χ1n) is 8.77. The van der Waals surface area contributed by atoms with Gasteiger partial charge in [-0.25, -0.2) is 0 Å². The molecule has 2 aliphatic rings. The minimum atomic E-state index is -0.334. The van der Waals surface area contributed by atoms with Crippen LogP contribution in [0.15, 0.2) is 42.5 Å². The predicted octanol–water partition coefficient (Wildman–Crippen LogP) is 2.73. The van der Waals surface area contributed by atoms with Crippen molar-refractivity contribution in [3.05, 3.63) is 58.6 Å². The fourth-order valence-electron chi connectivity index (χ4n) is 3.30. The lowest BCUT2D eigenvalue weighted by Crippen LogP contribution is -2.32. The van der Waals surface area contributed by atoms with Crippen LogP contribution in [0.4, 0.5) is 0 Å². The molecular weight excluding hydrogens is 368 g/mol. The van der Waals surface area contributed by atoms with Crippen LogP contribution in [0, 0.1) is 5.92 Å². The lowest BCUT2D eigenvalue weighted by Gasteiger charge is -2.17. The van der Waals surface area contributed by atoms with Gasteiger partial charge in [0.2, 0.25) is 18.6 Å². The standard InChI is InChI=1S/C20H19ClN2O4/c21-16-4-1-13(2-5-16)9-22-20(25)15-8-19(24)23(11-15)10-14-3-6-17-18(7-14)27-12-26-17/h1-7,15H,8-12H2,(H,22,25). The van der Waals surface area contributed by atoms with E-state index < -0.39 is 0 Å². The highest BCUT2D eigenvalue weighted by Crippen LogP contribution is 2.33. The lowest BCUT2D eigenvalue weighted by molar-refractivity contribution is -0.129. The number of fused-ring (bicyclic) bond motifs is 1. The maximum atomic E-state index is 12.4. The number of nitrogens with zero attached hydrogens (tertiary/aromatic N) is 1. The van der Waals surface area contributed by atoms with Gasteiger partial charge in [-0.2, -0.15) is 0 Å². The topological polar surface area (TPSA) is 67.9 Å². The first-order chi connectivity index (χ1) is 13.1. The van der Waals surface area contributed by atoms with Crippen molar-refractivity contribution in [3.63, 3.8) is 0 Å². The van der Waals surface area contributed by atoms with Crippen molar-refractivity contribution in [2.75, 3.05) is 13.3 Å². The smallest absolute Gasteiger partial charge is 0.231 e. The average molecular weight is 387 g/mol. The molecule has 2 amide bonds. The summed E-state index contributed by atoms with van der Waals surface area (Å²) in [6.07, 6.45) is 0.233. The fourth-order valence-corrected chi connectivity index (χ4v) is 3.42. The number of hydrogen-bond acceptors (Lipinski definition) is 4.